The zero-order valence-electron chi connectivity index (χ0n) is 15.2. The maximum Gasteiger partial charge on any atom is 0.193 e. The van der Waals surface area contributed by atoms with Crippen LogP contribution in [-0.2, 0) is 6.54 Å². The van der Waals surface area contributed by atoms with Crippen molar-refractivity contribution >= 4 is 53.3 Å². The number of piperazine rings is 1. The Morgan fingerprint density at radius 2 is 2.12 bits per heavy atom. The van der Waals surface area contributed by atoms with E-state index in [0.717, 1.165) is 61.6 Å². The van der Waals surface area contributed by atoms with Crippen molar-refractivity contribution in [2.75, 3.05) is 51.3 Å². The zero-order chi connectivity index (χ0) is 17.7. The third-order valence-corrected chi connectivity index (χ3v) is 6.31. The number of halogens is 2. The number of hydrogen-bond acceptors (Lipinski definition) is 4. The van der Waals surface area contributed by atoms with Gasteiger partial charge in [-0.2, -0.15) is 11.8 Å². The number of aliphatic imine (C=N–C) groups is 1. The number of nitrogens with one attached hydrogen (secondary N) is 1. The van der Waals surface area contributed by atoms with Crippen LogP contribution in [0.4, 0.5) is 0 Å². The number of benzene rings is 1. The maximum absolute atomic E-state index is 10.5. The van der Waals surface area contributed by atoms with E-state index in [-0.39, 0.29) is 24.0 Å². The summed E-state index contributed by atoms with van der Waals surface area (Å²) in [4.78, 5) is 9.12. The fraction of sp³-hybridized carbons (Fsp3) is 0.611. The number of aliphatic hydroxyl groups is 1. The number of rotatable bonds is 4. The van der Waals surface area contributed by atoms with Crippen molar-refractivity contribution in [2.24, 2.45) is 4.99 Å². The van der Waals surface area contributed by atoms with Gasteiger partial charge in [0.15, 0.2) is 5.96 Å². The SMILES string of the molecule is CN=C(NCC1(O)CCSC1)N1CCN(Cc2cccc(Cl)c2)CC1.I. The third-order valence-electron chi connectivity index (χ3n) is 4.84. The van der Waals surface area contributed by atoms with Crippen LogP contribution in [0.3, 0.4) is 0 Å². The van der Waals surface area contributed by atoms with Gasteiger partial charge >= 0.3 is 0 Å². The molecular weight excluding hydrogens is 483 g/mol. The van der Waals surface area contributed by atoms with Crippen LogP contribution in [-0.4, -0.2) is 77.7 Å². The lowest BCUT2D eigenvalue weighted by Gasteiger charge is -2.37. The van der Waals surface area contributed by atoms with Crippen LogP contribution < -0.4 is 5.32 Å². The summed E-state index contributed by atoms with van der Waals surface area (Å²) >= 11 is 7.89. The van der Waals surface area contributed by atoms with Gasteiger partial charge in [0.25, 0.3) is 0 Å². The van der Waals surface area contributed by atoms with Crippen molar-refractivity contribution in [2.45, 2.75) is 18.6 Å². The van der Waals surface area contributed by atoms with Crippen LogP contribution in [0.5, 0.6) is 0 Å². The molecule has 1 atom stereocenters. The van der Waals surface area contributed by atoms with Crippen LogP contribution in [0.15, 0.2) is 29.3 Å². The van der Waals surface area contributed by atoms with E-state index in [2.05, 4.69) is 26.2 Å². The minimum atomic E-state index is -0.588. The summed E-state index contributed by atoms with van der Waals surface area (Å²) in [6.45, 7) is 5.37. The molecule has 2 aliphatic rings. The minimum absolute atomic E-state index is 0. The minimum Gasteiger partial charge on any atom is -0.387 e. The molecule has 2 N–H and O–H groups in total. The second kappa shape index (κ2) is 10.4. The fourth-order valence-corrected chi connectivity index (χ4v) is 4.83. The third kappa shape index (κ3) is 6.15. The second-order valence-electron chi connectivity index (χ2n) is 6.82. The Bertz CT molecular complexity index is 605. The van der Waals surface area contributed by atoms with Gasteiger partial charge in [-0.15, -0.1) is 24.0 Å². The van der Waals surface area contributed by atoms with Gasteiger partial charge in [0.05, 0.1) is 5.60 Å². The molecule has 0 aromatic heterocycles. The van der Waals surface area contributed by atoms with E-state index < -0.39 is 5.60 Å². The Balaban J connectivity index is 0.00000243. The maximum atomic E-state index is 10.5. The highest BCUT2D eigenvalue weighted by molar-refractivity contribution is 14.0. The fourth-order valence-electron chi connectivity index (χ4n) is 3.32. The predicted octanol–water partition coefficient (Wildman–Crippen LogP) is 2.52. The summed E-state index contributed by atoms with van der Waals surface area (Å²) in [5.74, 6) is 2.75. The number of nitrogens with zero attached hydrogens (tertiary/aromatic N) is 3. The molecule has 0 aliphatic carbocycles. The molecule has 2 fully saturated rings. The molecule has 5 nitrogen and oxygen atoms in total. The molecule has 1 aromatic carbocycles. The van der Waals surface area contributed by atoms with E-state index in [0.29, 0.717) is 6.54 Å². The molecule has 0 radical (unpaired) electrons. The lowest BCUT2D eigenvalue weighted by molar-refractivity contribution is 0.0711. The highest BCUT2D eigenvalue weighted by Crippen LogP contribution is 2.27. The van der Waals surface area contributed by atoms with E-state index in [1.807, 2.05) is 37.0 Å². The molecule has 2 heterocycles. The summed E-state index contributed by atoms with van der Waals surface area (Å²) < 4.78 is 0. The van der Waals surface area contributed by atoms with Gasteiger partial charge in [0.1, 0.15) is 0 Å². The smallest absolute Gasteiger partial charge is 0.193 e. The van der Waals surface area contributed by atoms with Gasteiger partial charge in [-0.05, 0) is 29.9 Å². The first-order valence-electron chi connectivity index (χ1n) is 8.80. The molecule has 0 amide bonds. The van der Waals surface area contributed by atoms with Crippen molar-refractivity contribution in [3.05, 3.63) is 34.9 Å². The highest BCUT2D eigenvalue weighted by Gasteiger charge is 2.32. The summed E-state index contributed by atoms with van der Waals surface area (Å²) in [5, 5.41) is 14.7. The second-order valence-corrected chi connectivity index (χ2v) is 8.36. The number of thioether (sulfide) groups is 1. The molecule has 0 saturated carbocycles. The monoisotopic (exact) mass is 510 g/mol. The topological polar surface area (TPSA) is 51.1 Å². The average Bonchev–Trinajstić information content (AvgIpc) is 3.04. The Morgan fingerprint density at radius 1 is 1.35 bits per heavy atom. The molecule has 1 unspecified atom stereocenters. The summed E-state index contributed by atoms with van der Waals surface area (Å²) in [6, 6.07) is 8.08. The van der Waals surface area contributed by atoms with E-state index in [1.54, 1.807) is 0 Å². The lowest BCUT2D eigenvalue weighted by Crippen LogP contribution is -2.54. The van der Waals surface area contributed by atoms with Crippen LogP contribution in [0.2, 0.25) is 5.02 Å². The molecule has 2 saturated heterocycles. The molecule has 0 spiro atoms. The summed E-state index contributed by atoms with van der Waals surface area (Å²) in [6.07, 6.45) is 0.856. The van der Waals surface area contributed by atoms with Crippen molar-refractivity contribution in [1.82, 2.24) is 15.1 Å². The Kier molecular flexibility index (Phi) is 8.79. The van der Waals surface area contributed by atoms with Gasteiger partial charge in [0, 0.05) is 57.1 Å². The first kappa shape index (κ1) is 22.1. The Hall–Kier alpha value is -0.220. The average molecular weight is 511 g/mol. The molecule has 0 bridgehead atoms. The molecule has 2 aliphatic heterocycles. The van der Waals surface area contributed by atoms with Crippen molar-refractivity contribution in [3.8, 4) is 0 Å². The number of hydrogen-bond donors (Lipinski definition) is 2. The van der Waals surface area contributed by atoms with Crippen LogP contribution >= 0.6 is 47.3 Å². The zero-order valence-corrected chi connectivity index (χ0v) is 19.1. The highest BCUT2D eigenvalue weighted by atomic mass is 127. The van der Waals surface area contributed by atoms with Crippen LogP contribution in [0.1, 0.15) is 12.0 Å². The largest absolute Gasteiger partial charge is 0.387 e. The first-order valence-corrected chi connectivity index (χ1v) is 10.3. The van der Waals surface area contributed by atoms with Crippen molar-refractivity contribution < 1.29 is 5.11 Å². The molecule has 3 rings (SSSR count). The molecule has 146 valence electrons. The van der Waals surface area contributed by atoms with Crippen molar-refractivity contribution in [1.29, 1.82) is 0 Å². The van der Waals surface area contributed by atoms with Gasteiger partial charge in [-0.1, -0.05) is 23.7 Å². The van der Waals surface area contributed by atoms with E-state index in [9.17, 15) is 5.11 Å². The van der Waals surface area contributed by atoms with E-state index in [4.69, 9.17) is 11.6 Å². The lowest BCUT2D eigenvalue weighted by atomic mass is 10.0. The van der Waals surface area contributed by atoms with Gasteiger partial charge < -0.3 is 15.3 Å². The summed E-state index contributed by atoms with van der Waals surface area (Å²) in [5.41, 5.74) is 0.666. The Labute approximate surface area is 182 Å². The molecular formula is C18H28ClIN4OS. The summed E-state index contributed by atoms with van der Waals surface area (Å²) in [7, 11) is 1.81. The van der Waals surface area contributed by atoms with Crippen LogP contribution in [0.25, 0.3) is 0 Å². The van der Waals surface area contributed by atoms with Gasteiger partial charge in [0.2, 0.25) is 0 Å². The van der Waals surface area contributed by atoms with E-state index >= 15 is 0 Å². The van der Waals surface area contributed by atoms with Gasteiger partial charge in [-0.3, -0.25) is 9.89 Å². The Morgan fingerprint density at radius 3 is 2.73 bits per heavy atom. The van der Waals surface area contributed by atoms with Crippen LogP contribution in [0, 0.1) is 0 Å². The molecule has 26 heavy (non-hydrogen) atoms. The van der Waals surface area contributed by atoms with E-state index in [1.165, 1.54) is 5.56 Å². The standard InChI is InChI=1S/C18H27ClN4OS.HI/c1-20-17(21-13-18(24)5-10-25-14-18)23-8-6-22(7-9-23)12-15-3-2-4-16(19)11-15;/h2-4,11,24H,5-10,12-14H2,1H3,(H,20,21);1H. The predicted molar refractivity (Wildman–Crippen MR) is 122 cm³/mol. The molecule has 1 aromatic rings. The van der Waals surface area contributed by atoms with Gasteiger partial charge in [-0.25, -0.2) is 0 Å². The number of guanidine groups is 1. The quantitative estimate of drug-likeness (QED) is 0.370. The molecule has 8 heteroatoms. The first-order chi connectivity index (χ1) is 12.1. The van der Waals surface area contributed by atoms with Crippen molar-refractivity contribution in [3.63, 3.8) is 0 Å². The normalized spacial score (nSPS) is 24.4.